The Hall–Kier alpha value is -4.15. The van der Waals surface area contributed by atoms with Gasteiger partial charge in [0.05, 0.1) is 21.9 Å². The third kappa shape index (κ3) is 7.13. The van der Waals surface area contributed by atoms with Crippen molar-refractivity contribution in [1.82, 2.24) is 19.4 Å². The summed E-state index contributed by atoms with van der Waals surface area (Å²) in [6.07, 6.45) is 1.72. The first-order chi connectivity index (χ1) is 22.3. The molecule has 2 aromatic heterocycles. The van der Waals surface area contributed by atoms with Crippen LogP contribution in [0, 0.1) is 0 Å². The number of aryl methyl sites for hydroxylation is 1. The van der Waals surface area contributed by atoms with E-state index in [1.807, 2.05) is 70.8 Å². The maximum absolute atomic E-state index is 13.5. The molecule has 6 rings (SSSR count). The summed E-state index contributed by atoms with van der Waals surface area (Å²) in [6, 6.07) is 27.2. The second kappa shape index (κ2) is 14.1. The van der Waals surface area contributed by atoms with Crippen molar-refractivity contribution >= 4 is 68.7 Å². The Kier molecular flexibility index (Phi) is 9.75. The summed E-state index contributed by atoms with van der Waals surface area (Å²) in [5, 5.41) is 5.57. The van der Waals surface area contributed by atoms with E-state index >= 15 is 0 Å². The second-order valence-corrected chi connectivity index (χ2v) is 12.3. The minimum atomic E-state index is 0.0461. The zero-order valence-corrected chi connectivity index (χ0v) is 27.9. The van der Waals surface area contributed by atoms with Gasteiger partial charge in [0.15, 0.2) is 5.11 Å². The fourth-order valence-electron chi connectivity index (χ4n) is 5.63. The van der Waals surface area contributed by atoms with Crippen molar-refractivity contribution in [2.75, 3.05) is 42.9 Å². The van der Waals surface area contributed by atoms with Crippen LogP contribution < -0.4 is 15.0 Å². The van der Waals surface area contributed by atoms with Gasteiger partial charge in [0.1, 0.15) is 11.4 Å². The summed E-state index contributed by atoms with van der Waals surface area (Å²) in [6.45, 7) is 6.65. The van der Waals surface area contributed by atoms with Gasteiger partial charge in [-0.1, -0.05) is 53.5 Å². The average Bonchev–Trinajstić information content (AvgIpc) is 3.39. The monoisotopic (exact) mass is 672 g/mol. The van der Waals surface area contributed by atoms with Crippen LogP contribution in [0.5, 0.6) is 11.6 Å². The first-order valence-electron chi connectivity index (χ1n) is 15.1. The fourth-order valence-corrected chi connectivity index (χ4v) is 6.28. The second-order valence-electron chi connectivity index (χ2n) is 11.1. The normalized spacial score (nSPS) is 13.5. The number of amides is 1. The molecule has 1 N–H and O–H groups in total. The number of anilines is 2. The van der Waals surface area contributed by atoms with Crippen LogP contribution in [0.3, 0.4) is 0 Å². The number of nitrogens with zero attached hydrogens (tertiary/aromatic N) is 5. The molecule has 0 aliphatic carbocycles. The molecule has 0 radical (unpaired) electrons. The Labute approximate surface area is 284 Å². The summed E-state index contributed by atoms with van der Waals surface area (Å²) in [5.41, 5.74) is 4.48. The summed E-state index contributed by atoms with van der Waals surface area (Å²) in [7, 11) is 1.93. The highest BCUT2D eigenvalue weighted by atomic mass is 35.5. The minimum Gasteiger partial charge on any atom is -0.439 e. The molecule has 0 atom stereocenters. The number of nitrogens with one attached hydrogen (secondary N) is 1. The van der Waals surface area contributed by atoms with Gasteiger partial charge in [-0.25, -0.2) is 4.98 Å². The molecule has 8 nitrogen and oxygen atoms in total. The number of carbonyl (C=O) groups excluding carboxylic acids is 1. The van der Waals surface area contributed by atoms with Crippen molar-refractivity contribution in [2.45, 2.75) is 13.5 Å². The number of benzene rings is 3. The van der Waals surface area contributed by atoms with E-state index in [2.05, 4.69) is 39.5 Å². The van der Waals surface area contributed by atoms with Gasteiger partial charge in [0, 0.05) is 69.0 Å². The number of hydrogen-bond donors (Lipinski definition) is 1. The Balaban J connectivity index is 1.09. The van der Waals surface area contributed by atoms with E-state index < -0.39 is 0 Å². The van der Waals surface area contributed by atoms with E-state index in [1.54, 1.807) is 24.4 Å². The van der Waals surface area contributed by atoms with Gasteiger partial charge in [-0.05, 0) is 73.2 Å². The highest BCUT2D eigenvalue weighted by Crippen LogP contribution is 2.29. The average molecular weight is 674 g/mol. The predicted octanol–water partition coefficient (Wildman–Crippen LogP) is 7.85. The van der Waals surface area contributed by atoms with Crippen LogP contribution in [-0.4, -0.2) is 63.1 Å². The quantitative estimate of drug-likeness (QED) is 0.168. The molecule has 46 heavy (non-hydrogen) atoms. The van der Waals surface area contributed by atoms with Crippen molar-refractivity contribution < 1.29 is 9.53 Å². The molecular weight excluding hydrogens is 639 g/mol. The SMILES string of the molecule is CCN(C(=S)Nc1ccc(Cl)c(Cl)c1)c1ccc(Oc2ccc3c(c2)cc(C(=O)N2CCN(Cc4ccccc4)CC2)n3C)nc1. The van der Waals surface area contributed by atoms with Gasteiger partial charge in [0.2, 0.25) is 5.88 Å². The number of carbonyl (C=O) groups is 1. The zero-order chi connectivity index (χ0) is 32.2. The smallest absolute Gasteiger partial charge is 0.270 e. The first kappa shape index (κ1) is 31.8. The third-order valence-electron chi connectivity index (χ3n) is 8.13. The lowest BCUT2D eigenvalue weighted by Gasteiger charge is -2.34. The number of hydrogen-bond acceptors (Lipinski definition) is 5. The molecule has 0 spiro atoms. The number of thiocarbonyl (C=S) groups is 1. The van der Waals surface area contributed by atoms with E-state index in [0.29, 0.717) is 52.1 Å². The lowest BCUT2D eigenvalue weighted by atomic mass is 10.2. The molecule has 1 aliphatic heterocycles. The van der Waals surface area contributed by atoms with E-state index in [9.17, 15) is 4.79 Å². The lowest BCUT2D eigenvalue weighted by Crippen LogP contribution is -2.48. The van der Waals surface area contributed by atoms with Crippen molar-refractivity contribution in [3.05, 3.63) is 112 Å². The van der Waals surface area contributed by atoms with Crippen LogP contribution in [0.2, 0.25) is 10.0 Å². The van der Waals surface area contributed by atoms with E-state index in [0.717, 1.165) is 41.9 Å². The largest absolute Gasteiger partial charge is 0.439 e. The number of ether oxygens (including phenoxy) is 1. The van der Waals surface area contributed by atoms with Crippen molar-refractivity contribution in [1.29, 1.82) is 0 Å². The molecule has 1 fully saturated rings. The number of piperazine rings is 1. The highest BCUT2D eigenvalue weighted by molar-refractivity contribution is 7.80. The molecule has 0 bridgehead atoms. The van der Waals surface area contributed by atoms with Crippen LogP contribution >= 0.6 is 35.4 Å². The molecule has 3 aromatic carbocycles. The molecule has 236 valence electrons. The van der Waals surface area contributed by atoms with Crippen LogP contribution in [-0.2, 0) is 13.6 Å². The maximum atomic E-state index is 13.5. The molecule has 0 unspecified atom stereocenters. The van der Waals surface area contributed by atoms with E-state index in [-0.39, 0.29) is 5.91 Å². The van der Waals surface area contributed by atoms with Gasteiger partial charge in [-0.2, -0.15) is 0 Å². The van der Waals surface area contributed by atoms with Gasteiger partial charge >= 0.3 is 0 Å². The van der Waals surface area contributed by atoms with E-state index in [4.69, 9.17) is 40.2 Å². The molecule has 1 saturated heterocycles. The van der Waals surface area contributed by atoms with Crippen molar-refractivity contribution in [2.24, 2.45) is 7.05 Å². The van der Waals surface area contributed by atoms with Crippen molar-refractivity contribution in [3.8, 4) is 11.6 Å². The topological polar surface area (TPSA) is 65.9 Å². The summed E-state index contributed by atoms with van der Waals surface area (Å²) >= 11 is 17.8. The van der Waals surface area contributed by atoms with Crippen LogP contribution in [0.25, 0.3) is 10.9 Å². The first-order valence-corrected chi connectivity index (χ1v) is 16.3. The molecule has 5 aromatic rings. The molecule has 1 aliphatic rings. The standard InChI is InChI=1S/C35H34Cl2N6O2S/c1-3-43(35(46)39-26-9-12-29(36)30(37)21-26)27-10-14-33(38-22-27)45-28-11-13-31-25(19-28)20-32(40(31)2)34(44)42-17-15-41(16-18-42)23-24-7-5-4-6-8-24/h4-14,19-22H,3,15-18,23H2,1-2H3,(H,39,46). The Morgan fingerprint density at radius 3 is 2.43 bits per heavy atom. The zero-order valence-electron chi connectivity index (χ0n) is 25.6. The molecule has 3 heterocycles. The van der Waals surface area contributed by atoms with Gasteiger partial charge < -0.3 is 24.4 Å². The van der Waals surface area contributed by atoms with Crippen LogP contribution in [0.15, 0.2) is 91.1 Å². The minimum absolute atomic E-state index is 0.0461. The van der Waals surface area contributed by atoms with E-state index in [1.165, 1.54) is 5.56 Å². The van der Waals surface area contributed by atoms with Gasteiger partial charge in [0.25, 0.3) is 5.91 Å². The third-order valence-corrected chi connectivity index (χ3v) is 9.19. The lowest BCUT2D eigenvalue weighted by molar-refractivity contribution is 0.0619. The van der Waals surface area contributed by atoms with Gasteiger partial charge in [-0.15, -0.1) is 0 Å². The number of pyridine rings is 1. The maximum Gasteiger partial charge on any atom is 0.270 e. The fraction of sp³-hybridized carbons (Fsp3) is 0.229. The molecule has 0 saturated carbocycles. The molecular formula is C35H34Cl2N6O2S. The number of rotatable bonds is 8. The molecule has 11 heteroatoms. The van der Waals surface area contributed by atoms with Crippen LogP contribution in [0.1, 0.15) is 23.0 Å². The molecule has 1 amide bonds. The highest BCUT2D eigenvalue weighted by Gasteiger charge is 2.25. The number of aromatic nitrogens is 2. The van der Waals surface area contributed by atoms with Crippen molar-refractivity contribution in [3.63, 3.8) is 0 Å². The van der Waals surface area contributed by atoms with Gasteiger partial charge in [-0.3, -0.25) is 9.69 Å². The summed E-state index contributed by atoms with van der Waals surface area (Å²) in [5.74, 6) is 1.13. The Morgan fingerprint density at radius 2 is 1.74 bits per heavy atom. The van der Waals surface area contributed by atoms with Crippen LogP contribution in [0.4, 0.5) is 11.4 Å². The number of halogens is 2. The summed E-state index contributed by atoms with van der Waals surface area (Å²) < 4.78 is 8.06. The predicted molar refractivity (Wildman–Crippen MR) is 191 cm³/mol. The summed E-state index contributed by atoms with van der Waals surface area (Å²) in [4.78, 5) is 24.3. The Morgan fingerprint density at radius 1 is 0.957 bits per heavy atom. The Bertz CT molecular complexity index is 1860. The number of fused-ring (bicyclic) bond motifs is 1.